The second kappa shape index (κ2) is 7.94. The van der Waals surface area contributed by atoms with Crippen molar-refractivity contribution in [2.45, 2.75) is 19.3 Å². The van der Waals surface area contributed by atoms with Crippen molar-refractivity contribution in [1.29, 1.82) is 0 Å². The highest BCUT2D eigenvalue weighted by molar-refractivity contribution is 6.35. The Bertz CT molecular complexity index is 1170. The molecule has 0 spiro atoms. The maximum absolute atomic E-state index is 13.5. The van der Waals surface area contributed by atoms with E-state index in [4.69, 9.17) is 18.0 Å². The SMILES string of the molecule is C#CCNCc1nnc2n1-c1ccc(C(F)(F)F)cc1C(c1ccccc1Cl)=NC2. The Morgan fingerprint density at radius 1 is 1.13 bits per heavy atom. The van der Waals surface area contributed by atoms with Crippen LogP contribution in [0.4, 0.5) is 13.2 Å². The van der Waals surface area contributed by atoms with Crippen molar-refractivity contribution in [2.75, 3.05) is 6.54 Å². The van der Waals surface area contributed by atoms with Crippen LogP contribution in [0.15, 0.2) is 47.5 Å². The zero-order valence-corrected chi connectivity index (χ0v) is 16.3. The summed E-state index contributed by atoms with van der Waals surface area (Å²) in [6.45, 7) is 0.765. The van der Waals surface area contributed by atoms with E-state index in [1.165, 1.54) is 6.07 Å². The van der Waals surface area contributed by atoms with Crippen LogP contribution in [0.25, 0.3) is 5.69 Å². The largest absolute Gasteiger partial charge is 0.416 e. The molecule has 2 aromatic carbocycles. The van der Waals surface area contributed by atoms with Crippen molar-refractivity contribution in [1.82, 2.24) is 20.1 Å². The Balaban J connectivity index is 1.92. The number of nitrogens with one attached hydrogen (secondary N) is 1. The third-order valence-electron chi connectivity index (χ3n) is 4.63. The van der Waals surface area contributed by atoms with Crippen molar-refractivity contribution in [3.8, 4) is 18.0 Å². The Kier molecular flexibility index (Phi) is 5.33. The number of aromatic nitrogens is 3. The molecule has 1 aromatic heterocycles. The minimum absolute atomic E-state index is 0.138. The van der Waals surface area contributed by atoms with Gasteiger partial charge in [0.05, 0.1) is 30.1 Å². The van der Waals surface area contributed by atoms with E-state index in [0.717, 1.165) is 12.1 Å². The summed E-state index contributed by atoms with van der Waals surface area (Å²) < 4.78 is 42.1. The molecule has 0 saturated heterocycles. The normalized spacial score (nSPS) is 13.1. The summed E-state index contributed by atoms with van der Waals surface area (Å²) in [4.78, 5) is 4.56. The van der Waals surface area contributed by atoms with Crippen LogP contribution in [0.3, 0.4) is 0 Å². The number of halogens is 4. The van der Waals surface area contributed by atoms with Crippen LogP contribution < -0.4 is 5.32 Å². The van der Waals surface area contributed by atoms with Crippen LogP contribution in [0, 0.1) is 12.3 Å². The molecule has 0 fully saturated rings. The number of aliphatic imine (C=N–C) groups is 1. The molecular formula is C21H15ClF3N5. The van der Waals surface area contributed by atoms with Crippen LogP contribution in [0.5, 0.6) is 0 Å². The third kappa shape index (κ3) is 3.70. The molecule has 152 valence electrons. The summed E-state index contributed by atoms with van der Waals surface area (Å²) in [6, 6.07) is 10.5. The maximum Gasteiger partial charge on any atom is 0.416 e. The summed E-state index contributed by atoms with van der Waals surface area (Å²) in [5.41, 5.74) is 0.941. The third-order valence-corrected chi connectivity index (χ3v) is 4.96. The fourth-order valence-corrected chi connectivity index (χ4v) is 3.54. The lowest BCUT2D eigenvalue weighted by atomic mass is 9.98. The molecule has 30 heavy (non-hydrogen) atoms. The molecule has 0 saturated carbocycles. The fraction of sp³-hybridized carbons (Fsp3) is 0.190. The van der Waals surface area contributed by atoms with Gasteiger partial charge in [-0.2, -0.15) is 13.2 Å². The number of nitrogens with zero attached hydrogens (tertiary/aromatic N) is 4. The smallest absolute Gasteiger partial charge is 0.299 e. The molecule has 0 unspecified atom stereocenters. The van der Waals surface area contributed by atoms with Gasteiger partial charge < -0.3 is 0 Å². The van der Waals surface area contributed by atoms with Gasteiger partial charge in [-0.05, 0) is 24.3 Å². The fourth-order valence-electron chi connectivity index (χ4n) is 3.31. The van der Waals surface area contributed by atoms with Gasteiger partial charge in [-0.1, -0.05) is 35.7 Å². The summed E-state index contributed by atoms with van der Waals surface area (Å²) in [6.07, 6.45) is 0.769. The number of hydrogen-bond donors (Lipinski definition) is 1. The number of hydrogen-bond acceptors (Lipinski definition) is 4. The van der Waals surface area contributed by atoms with Crippen LogP contribution in [-0.2, 0) is 19.3 Å². The van der Waals surface area contributed by atoms with Gasteiger partial charge in [-0.3, -0.25) is 14.9 Å². The van der Waals surface area contributed by atoms with Gasteiger partial charge in [0.25, 0.3) is 0 Å². The van der Waals surface area contributed by atoms with Gasteiger partial charge in [0.15, 0.2) is 11.6 Å². The number of fused-ring (bicyclic) bond motifs is 3. The van der Waals surface area contributed by atoms with E-state index in [2.05, 4.69) is 26.4 Å². The van der Waals surface area contributed by atoms with Crippen LogP contribution in [0.2, 0.25) is 5.02 Å². The molecule has 0 aliphatic carbocycles. The minimum atomic E-state index is -4.50. The molecule has 0 amide bonds. The Labute approximate surface area is 175 Å². The van der Waals surface area contributed by atoms with Crippen molar-refractivity contribution in [2.24, 2.45) is 4.99 Å². The quantitative estimate of drug-likeness (QED) is 0.503. The topological polar surface area (TPSA) is 55.1 Å². The van der Waals surface area contributed by atoms with Gasteiger partial charge in [0.1, 0.15) is 6.54 Å². The Morgan fingerprint density at radius 3 is 2.67 bits per heavy atom. The lowest BCUT2D eigenvalue weighted by Gasteiger charge is -2.16. The highest BCUT2D eigenvalue weighted by atomic mass is 35.5. The van der Waals surface area contributed by atoms with Crippen molar-refractivity contribution >= 4 is 17.3 Å². The maximum atomic E-state index is 13.5. The first kappa shape index (κ1) is 20.1. The van der Waals surface area contributed by atoms with Gasteiger partial charge >= 0.3 is 6.18 Å². The van der Waals surface area contributed by atoms with E-state index < -0.39 is 11.7 Å². The minimum Gasteiger partial charge on any atom is -0.299 e. The van der Waals surface area contributed by atoms with E-state index in [1.807, 2.05) is 0 Å². The molecule has 3 aromatic rings. The highest BCUT2D eigenvalue weighted by Gasteiger charge is 2.33. The molecule has 9 heteroatoms. The van der Waals surface area contributed by atoms with Crippen molar-refractivity contribution in [3.63, 3.8) is 0 Å². The first-order chi connectivity index (χ1) is 14.4. The molecule has 1 N–H and O–H groups in total. The zero-order chi connectivity index (χ0) is 21.3. The van der Waals surface area contributed by atoms with Gasteiger partial charge in [0, 0.05) is 16.1 Å². The first-order valence-corrected chi connectivity index (χ1v) is 9.36. The average molecular weight is 430 g/mol. The van der Waals surface area contributed by atoms with Gasteiger partial charge in [0.2, 0.25) is 0 Å². The van der Waals surface area contributed by atoms with Gasteiger partial charge in [-0.25, -0.2) is 0 Å². The molecule has 5 nitrogen and oxygen atoms in total. The monoisotopic (exact) mass is 429 g/mol. The van der Waals surface area contributed by atoms with E-state index in [1.54, 1.807) is 28.8 Å². The number of rotatable bonds is 4. The number of alkyl halides is 3. The van der Waals surface area contributed by atoms with E-state index in [9.17, 15) is 13.2 Å². The molecule has 0 radical (unpaired) electrons. The van der Waals surface area contributed by atoms with Crippen molar-refractivity contribution in [3.05, 3.63) is 75.8 Å². The van der Waals surface area contributed by atoms with Crippen molar-refractivity contribution < 1.29 is 13.2 Å². The molecule has 1 aliphatic rings. The van der Waals surface area contributed by atoms with E-state index in [0.29, 0.717) is 52.3 Å². The van der Waals surface area contributed by atoms with Crippen LogP contribution in [-0.4, -0.2) is 27.0 Å². The molecular weight excluding hydrogens is 415 g/mol. The number of terminal acetylenes is 1. The first-order valence-electron chi connectivity index (χ1n) is 8.99. The number of benzene rings is 2. The average Bonchev–Trinajstić information content (AvgIpc) is 3.03. The molecule has 2 heterocycles. The molecule has 0 atom stereocenters. The van der Waals surface area contributed by atoms with Gasteiger partial charge in [-0.15, -0.1) is 16.6 Å². The standard InChI is InChI=1S/C21H15ClF3N5/c1-2-9-26-11-18-28-29-19-12-27-20(14-5-3-4-6-16(14)22)15-10-13(21(23,24)25)7-8-17(15)30(18)19/h1,3-8,10,26H,9,11-12H2. The Morgan fingerprint density at radius 2 is 1.93 bits per heavy atom. The van der Waals surface area contributed by atoms with E-state index in [-0.39, 0.29) is 6.54 Å². The Hall–Kier alpha value is -3.15. The lowest BCUT2D eigenvalue weighted by Crippen LogP contribution is -2.18. The summed E-state index contributed by atoms with van der Waals surface area (Å²) in [5.74, 6) is 3.50. The summed E-state index contributed by atoms with van der Waals surface area (Å²) in [7, 11) is 0. The highest BCUT2D eigenvalue weighted by Crippen LogP contribution is 2.35. The molecule has 0 bridgehead atoms. The summed E-state index contributed by atoms with van der Waals surface area (Å²) >= 11 is 6.34. The lowest BCUT2D eigenvalue weighted by molar-refractivity contribution is -0.137. The zero-order valence-electron chi connectivity index (χ0n) is 15.5. The second-order valence-corrected chi connectivity index (χ2v) is 6.96. The van der Waals surface area contributed by atoms with E-state index >= 15 is 0 Å². The predicted octanol–water partition coefficient (Wildman–Crippen LogP) is 4.01. The van der Waals surface area contributed by atoms with Crippen LogP contribution in [0.1, 0.15) is 28.3 Å². The van der Waals surface area contributed by atoms with Crippen LogP contribution >= 0.6 is 11.6 Å². The molecule has 4 rings (SSSR count). The summed E-state index contributed by atoms with van der Waals surface area (Å²) in [5, 5.41) is 11.8. The predicted molar refractivity (Wildman–Crippen MR) is 108 cm³/mol. The second-order valence-electron chi connectivity index (χ2n) is 6.55. The molecule has 1 aliphatic heterocycles.